The summed E-state index contributed by atoms with van der Waals surface area (Å²) in [6, 6.07) is 17.8. The lowest BCUT2D eigenvalue weighted by Crippen LogP contribution is -2.40. The van der Waals surface area contributed by atoms with E-state index in [-0.39, 0.29) is 30.6 Å². The van der Waals surface area contributed by atoms with E-state index in [1.807, 2.05) is 42.5 Å². The van der Waals surface area contributed by atoms with Gasteiger partial charge in [0.15, 0.2) is 5.78 Å². The molecule has 0 bridgehead atoms. The van der Waals surface area contributed by atoms with Crippen LogP contribution in [0.2, 0.25) is 0 Å². The Morgan fingerprint density at radius 2 is 1.48 bits per heavy atom. The predicted octanol–water partition coefficient (Wildman–Crippen LogP) is 3.73. The fourth-order valence-electron chi connectivity index (χ4n) is 3.04. The van der Waals surface area contributed by atoms with E-state index in [0.29, 0.717) is 6.04 Å². The van der Waals surface area contributed by atoms with E-state index in [2.05, 4.69) is 17.0 Å². The van der Waals surface area contributed by atoms with Gasteiger partial charge in [-0.1, -0.05) is 54.6 Å². The number of piperidine rings is 1. The van der Waals surface area contributed by atoms with Crippen LogP contribution in [0.3, 0.4) is 0 Å². The highest BCUT2D eigenvalue weighted by atomic mass is 35.5. The van der Waals surface area contributed by atoms with Gasteiger partial charge in [-0.3, -0.25) is 4.79 Å². The van der Waals surface area contributed by atoms with E-state index in [4.69, 9.17) is 5.73 Å². The Kier molecular flexibility index (Phi) is 9.15. The third-order valence-electron chi connectivity index (χ3n) is 4.60. The van der Waals surface area contributed by atoms with Gasteiger partial charge in [-0.05, 0) is 37.9 Å². The Morgan fingerprint density at radius 3 is 2.08 bits per heavy atom. The van der Waals surface area contributed by atoms with Crippen LogP contribution in [0.15, 0.2) is 54.6 Å². The van der Waals surface area contributed by atoms with Crippen molar-refractivity contribution in [3.05, 3.63) is 71.3 Å². The molecule has 1 saturated heterocycles. The van der Waals surface area contributed by atoms with E-state index in [1.165, 1.54) is 5.56 Å². The number of nitrogens with zero attached hydrogens (tertiary/aromatic N) is 1. The number of carbonyl (C=O) groups is 1. The van der Waals surface area contributed by atoms with Crippen molar-refractivity contribution >= 4 is 30.6 Å². The molecule has 1 aliphatic rings. The zero-order chi connectivity index (χ0) is 16.1. The minimum atomic E-state index is 0. The highest BCUT2D eigenvalue weighted by Gasteiger charge is 2.15. The second-order valence-corrected chi connectivity index (χ2v) is 6.32. The van der Waals surface area contributed by atoms with Crippen molar-refractivity contribution < 1.29 is 4.79 Å². The van der Waals surface area contributed by atoms with Gasteiger partial charge in [0.05, 0.1) is 0 Å². The smallest absolute Gasteiger partial charge is 0.193 e. The van der Waals surface area contributed by atoms with Gasteiger partial charge in [-0.25, -0.2) is 0 Å². The van der Waals surface area contributed by atoms with Gasteiger partial charge in [-0.15, -0.1) is 24.8 Å². The van der Waals surface area contributed by atoms with Gasteiger partial charge in [0, 0.05) is 23.7 Å². The monoisotopic (exact) mass is 380 g/mol. The van der Waals surface area contributed by atoms with Crippen LogP contribution < -0.4 is 5.73 Å². The number of ketones is 1. The first-order valence-electron chi connectivity index (χ1n) is 8.39. The van der Waals surface area contributed by atoms with Crippen LogP contribution in [-0.4, -0.2) is 36.4 Å². The van der Waals surface area contributed by atoms with Crippen molar-refractivity contribution in [2.75, 3.05) is 19.6 Å². The Labute approximate surface area is 162 Å². The molecule has 0 radical (unpaired) electrons. The lowest BCUT2D eigenvalue weighted by Gasteiger charge is -2.29. The molecule has 1 aliphatic heterocycles. The predicted molar refractivity (Wildman–Crippen MR) is 108 cm³/mol. The topological polar surface area (TPSA) is 46.3 Å². The summed E-state index contributed by atoms with van der Waals surface area (Å²) in [6.45, 7) is 3.27. The SMILES string of the molecule is Cl.Cl.NC1CCN(CCc2ccc(C(=O)c3ccccc3)cc2)CC1. The second-order valence-electron chi connectivity index (χ2n) is 6.32. The first-order valence-corrected chi connectivity index (χ1v) is 8.39. The number of halogens is 2. The van der Waals surface area contributed by atoms with Crippen molar-refractivity contribution in [1.82, 2.24) is 4.90 Å². The Hall–Kier alpha value is -1.39. The number of benzene rings is 2. The summed E-state index contributed by atoms with van der Waals surface area (Å²) in [5.41, 5.74) is 8.71. The molecule has 0 spiro atoms. The normalized spacial score (nSPS) is 15.1. The largest absolute Gasteiger partial charge is 0.328 e. The molecule has 5 heteroatoms. The molecule has 3 nitrogen and oxygen atoms in total. The summed E-state index contributed by atoms with van der Waals surface area (Å²) < 4.78 is 0. The van der Waals surface area contributed by atoms with Crippen molar-refractivity contribution in [3.63, 3.8) is 0 Å². The molecule has 136 valence electrons. The molecular weight excluding hydrogens is 355 g/mol. The van der Waals surface area contributed by atoms with Crippen LogP contribution in [0.25, 0.3) is 0 Å². The highest BCUT2D eigenvalue weighted by molar-refractivity contribution is 6.08. The molecule has 0 atom stereocenters. The summed E-state index contributed by atoms with van der Waals surface area (Å²) in [4.78, 5) is 14.9. The summed E-state index contributed by atoms with van der Waals surface area (Å²) in [7, 11) is 0. The molecule has 2 aromatic carbocycles. The molecule has 2 aromatic rings. The van der Waals surface area contributed by atoms with Gasteiger partial charge < -0.3 is 10.6 Å². The quantitative estimate of drug-likeness (QED) is 0.803. The molecule has 0 amide bonds. The lowest BCUT2D eigenvalue weighted by atomic mass is 10.0. The van der Waals surface area contributed by atoms with Gasteiger partial charge in [-0.2, -0.15) is 0 Å². The number of nitrogens with two attached hydrogens (primary N) is 1. The van der Waals surface area contributed by atoms with Crippen LogP contribution >= 0.6 is 24.8 Å². The fraction of sp³-hybridized carbons (Fsp3) is 0.350. The van der Waals surface area contributed by atoms with Gasteiger partial charge >= 0.3 is 0 Å². The van der Waals surface area contributed by atoms with Crippen LogP contribution in [0.5, 0.6) is 0 Å². The van der Waals surface area contributed by atoms with Crippen LogP contribution in [0.1, 0.15) is 34.3 Å². The maximum atomic E-state index is 12.4. The molecule has 1 heterocycles. The number of carbonyl (C=O) groups excluding carboxylic acids is 1. The molecule has 0 saturated carbocycles. The van der Waals surface area contributed by atoms with E-state index < -0.39 is 0 Å². The lowest BCUT2D eigenvalue weighted by molar-refractivity contribution is 0.103. The van der Waals surface area contributed by atoms with E-state index in [9.17, 15) is 4.79 Å². The average molecular weight is 381 g/mol. The Balaban J connectivity index is 0.00000156. The van der Waals surface area contributed by atoms with Crippen molar-refractivity contribution in [2.24, 2.45) is 5.73 Å². The number of rotatable bonds is 5. The molecular formula is C20H26Cl2N2O. The van der Waals surface area contributed by atoms with Crippen LogP contribution in [0, 0.1) is 0 Å². The van der Waals surface area contributed by atoms with Crippen LogP contribution in [0.4, 0.5) is 0 Å². The molecule has 25 heavy (non-hydrogen) atoms. The Bertz CT molecular complexity index is 639. The fourth-order valence-corrected chi connectivity index (χ4v) is 3.04. The van der Waals surface area contributed by atoms with E-state index in [1.54, 1.807) is 0 Å². The maximum Gasteiger partial charge on any atom is 0.193 e. The first-order chi connectivity index (χ1) is 11.2. The van der Waals surface area contributed by atoms with Crippen molar-refractivity contribution in [3.8, 4) is 0 Å². The van der Waals surface area contributed by atoms with Gasteiger partial charge in [0.25, 0.3) is 0 Å². The zero-order valence-electron chi connectivity index (χ0n) is 14.3. The number of hydrogen-bond acceptors (Lipinski definition) is 3. The Morgan fingerprint density at radius 1 is 0.920 bits per heavy atom. The molecule has 0 unspecified atom stereocenters. The van der Waals surface area contributed by atoms with Crippen LogP contribution in [-0.2, 0) is 6.42 Å². The third kappa shape index (κ3) is 6.12. The highest BCUT2D eigenvalue weighted by Crippen LogP contribution is 2.13. The second kappa shape index (κ2) is 10.6. The zero-order valence-corrected chi connectivity index (χ0v) is 15.9. The van der Waals surface area contributed by atoms with Gasteiger partial charge in [0.2, 0.25) is 0 Å². The first kappa shape index (κ1) is 21.7. The minimum Gasteiger partial charge on any atom is -0.328 e. The maximum absolute atomic E-state index is 12.4. The summed E-state index contributed by atoms with van der Waals surface area (Å²) in [5, 5.41) is 0. The molecule has 3 rings (SSSR count). The molecule has 0 aliphatic carbocycles. The summed E-state index contributed by atoms with van der Waals surface area (Å²) in [6.07, 6.45) is 3.23. The number of likely N-dealkylation sites (tertiary alicyclic amines) is 1. The average Bonchev–Trinajstić information content (AvgIpc) is 2.62. The third-order valence-corrected chi connectivity index (χ3v) is 4.60. The minimum absolute atomic E-state index is 0. The van der Waals surface area contributed by atoms with Crippen molar-refractivity contribution in [2.45, 2.75) is 25.3 Å². The van der Waals surface area contributed by atoms with E-state index >= 15 is 0 Å². The molecule has 2 N–H and O–H groups in total. The number of hydrogen-bond donors (Lipinski definition) is 1. The standard InChI is InChI=1S/C20H24N2O.2ClH/c21-19-11-14-22(15-12-19)13-10-16-6-8-18(9-7-16)20(23)17-4-2-1-3-5-17;;/h1-9,19H,10-15,21H2;2*1H. The summed E-state index contributed by atoms with van der Waals surface area (Å²) in [5.74, 6) is 0.0853. The van der Waals surface area contributed by atoms with Crippen molar-refractivity contribution in [1.29, 1.82) is 0 Å². The summed E-state index contributed by atoms with van der Waals surface area (Å²) >= 11 is 0. The molecule has 1 fully saturated rings. The molecule has 0 aromatic heterocycles. The van der Waals surface area contributed by atoms with E-state index in [0.717, 1.165) is 50.0 Å². The van der Waals surface area contributed by atoms with Gasteiger partial charge in [0.1, 0.15) is 0 Å².